The van der Waals surface area contributed by atoms with Gasteiger partial charge in [0.15, 0.2) is 6.29 Å². The molecule has 374 valence electrons. The zero-order valence-electron chi connectivity index (χ0n) is 40.9. The molecule has 1 heterocycles. The highest BCUT2D eigenvalue weighted by Gasteiger charge is 2.44. The van der Waals surface area contributed by atoms with Crippen molar-refractivity contribution in [2.24, 2.45) is 0 Å². The van der Waals surface area contributed by atoms with E-state index in [0.717, 1.165) is 51.4 Å². The summed E-state index contributed by atoms with van der Waals surface area (Å²) in [6.07, 6.45) is 46.3. The molecular formula is C54H99NO9. The van der Waals surface area contributed by atoms with Crippen LogP contribution in [0.2, 0.25) is 0 Å². The van der Waals surface area contributed by atoms with Gasteiger partial charge in [-0.1, -0.05) is 204 Å². The fourth-order valence-electron chi connectivity index (χ4n) is 8.13. The monoisotopic (exact) mass is 906 g/mol. The Morgan fingerprint density at radius 2 is 0.922 bits per heavy atom. The van der Waals surface area contributed by atoms with Crippen molar-refractivity contribution in [3.8, 4) is 0 Å². The third-order valence-corrected chi connectivity index (χ3v) is 12.5. The maximum Gasteiger partial charge on any atom is 0.249 e. The number of allylic oxidation sites excluding steroid dienone is 7. The number of ether oxygens (including phenoxy) is 2. The summed E-state index contributed by atoms with van der Waals surface area (Å²) in [6, 6.07) is -1.01. The zero-order valence-corrected chi connectivity index (χ0v) is 40.9. The van der Waals surface area contributed by atoms with Crippen LogP contribution in [-0.2, 0) is 14.3 Å². The highest BCUT2D eigenvalue weighted by atomic mass is 16.7. The van der Waals surface area contributed by atoms with Crippen LogP contribution >= 0.6 is 0 Å². The van der Waals surface area contributed by atoms with E-state index < -0.39 is 61.5 Å². The first kappa shape index (κ1) is 60.1. The van der Waals surface area contributed by atoms with Crippen molar-refractivity contribution in [1.82, 2.24) is 5.32 Å². The number of unbranched alkanes of at least 4 members (excludes halogenated alkanes) is 27. The molecule has 7 N–H and O–H groups in total. The van der Waals surface area contributed by atoms with E-state index in [-0.39, 0.29) is 6.61 Å². The van der Waals surface area contributed by atoms with E-state index in [1.165, 1.54) is 141 Å². The first-order valence-corrected chi connectivity index (χ1v) is 26.5. The van der Waals surface area contributed by atoms with Crippen LogP contribution < -0.4 is 5.32 Å². The third-order valence-electron chi connectivity index (χ3n) is 12.5. The summed E-state index contributed by atoms with van der Waals surface area (Å²) in [5.41, 5.74) is 0. The highest BCUT2D eigenvalue weighted by molar-refractivity contribution is 5.80. The van der Waals surface area contributed by atoms with Gasteiger partial charge in [0.1, 0.15) is 30.5 Å². The summed E-state index contributed by atoms with van der Waals surface area (Å²) in [6.45, 7) is 3.59. The largest absolute Gasteiger partial charge is 0.394 e. The van der Waals surface area contributed by atoms with Gasteiger partial charge in [0.2, 0.25) is 5.91 Å². The van der Waals surface area contributed by atoms with E-state index in [4.69, 9.17) is 9.47 Å². The Hall–Kier alpha value is -1.89. The molecule has 1 saturated heterocycles. The van der Waals surface area contributed by atoms with E-state index in [2.05, 4.69) is 55.6 Å². The molecule has 0 radical (unpaired) electrons. The van der Waals surface area contributed by atoms with Crippen LogP contribution in [0, 0.1) is 0 Å². The SMILES string of the molecule is CCCCCCCC/C=C/CC/C=C/CC/C=C/C(O)C(COC1OC(CO)C(O)C(O)C1O)NC(=O)C(O)CCCCCCCCC/C=C\CCCCCCCCCCCCCC. The zero-order chi connectivity index (χ0) is 46.7. The van der Waals surface area contributed by atoms with Gasteiger partial charge >= 0.3 is 0 Å². The molecule has 1 amide bonds. The van der Waals surface area contributed by atoms with Crippen molar-refractivity contribution in [3.63, 3.8) is 0 Å². The van der Waals surface area contributed by atoms with Crippen LogP contribution in [-0.4, -0.2) is 98.7 Å². The number of aliphatic hydroxyl groups excluding tert-OH is 6. The Morgan fingerprint density at radius 1 is 0.531 bits per heavy atom. The molecule has 10 nitrogen and oxygen atoms in total. The van der Waals surface area contributed by atoms with Crippen molar-refractivity contribution in [2.75, 3.05) is 13.2 Å². The standard InChI is InChI=1S/C54H99NO9/c1-3-5-7-9-11-13-15-17-19-21-22-23-24-25-26-27-29-31-33-35-37-39-41-43-48(58)53(62)55-46(45-63-54-52(61)51(60)50(59)49(44-56)64-54)47(57)42-40-38-36-34-32-30-28-20-18-16-14-12-10-8-6-4-2/h18,20,25-26,32,34,40,42,46-52,54,56-61H,3-17,19,21-24,27-31,33,35-39,41,43-45H2,1-2H3,(H,55,62)/b20-18+,26-25-,34-32+,42-40+. The maximum atomic E-state index is 13.1. The van der Waals surface area contributed by atoms with Gasteiger partial charge in [-0.05, 0) is 70.6 Å². The van der Waals surface area contributed by atoms with Gasteiger partial charge in [-0.15, -0.1) is 0 Å². The summed E-state index contributed by atoms with van der Waals surface area (Å²) in [4.78, 5) is 13.1. The fourth-order valence-corrected chi connectivity index (χ4v) is 8.13. The van der Waals surface area contributed by atoms with E-state index in [1.807, 2.05) is 6.08 Å². The molecule has 1 rings (SSSR count). The lowest BCUT2D eigenvalue weighted by Crippen LogP contribution is -2.60. The fraction of sp³-hybridized carbons (Fsp3) is 0.833. The average molecular weight is 906 g/mol. The van der Waals surface area contributed by atoms with Gasteiger partial charge in [-0.25, -0.2) is 0 Å². The average Bonchev–Trinajstić information content (AvgIpc) is 3.29. The molecule has 10 heteroatoms. The first-order valence-electron chi connectivity index (χ1n) is 26.5. The second-order valence-electron chi connectivity index (χ2n) is 18.4. The van der Waals surface area contributed by atoms with Crippen LogP contribution in [0.25, 0.3) is 0 Å². The minimum Gasteiger partial charge on any atom is -0.394 e. The van der Waals surface area contributed by atoms with E-state index in [9.17, 15) is 35.4 Å². The number of hydrogen-bond acceptors (Lipinski definition) is 9. The van der Waals surface area contributed by atoms with Crippen molar-refractivity contribution in [2.45, 2.75) is 275 Å². The number of aliphatic hydroxyl groups is 6. The number of amides is 1. The topological polar surface area (TPSA) is 169 Å². The van der Waals surface area contributed by atoms with Crippen LogP contribution in [0.5, 0.6) is 0 Å². The summed E-state index contributed by atoms with van der Waals surface area (Å²) >= 11 is 0. The lowest BCUT2D eigenvalue weighted by Gasteiger charge is -2.40. The van der Waals surface area contributed by atoms with Crippen LogP contribution in [0.3, 0.4) is 0 Å². The lowest BCUT2D eigenvalue weighted by atomic mass is 9.99. The molecule has 0 bridgehead atoms. The summed E-state index contributed by atoms with van der Waals surface area (Å²) in [5.74, 6) is -0.634. The smallest absolute Gasteiger partial charge is 0.249 e. The summed E-state index contributed by atoms with van der Waals surface area (Å²) in [5, 5.41) is 64.8. The molecule has 1 aliphatic heterocycles. The second-order valence-corrected chi connectivity index (χ2v) is 18.4. The molecule has 0 aromatic heterocycles. The van der Waals surface area contributed by atoms with E-state index >= 15 is 0 Å². The van der Waals surface area contributed by atoms with Crippen molar-refractivity contribution in [1.29, 1.82) is 0 Å². The first-order chi connectivity index (χ1) is 31.3. The van der Waals surface area contributed by atoms with Gasteiger partial charge in [0, 0.05) is 0 Å². The lowest BCUT2D eigenvalue weighted by molar-refractivity contribution is -0.302. The molecule has 8 atom stereocenters. The molecule has 0 spiro atoms. The van der Waals surface area contributed by atoms with Gasteiger partial charge in [-0.3, -0.25) is 4.79 Å². The molecule has 64 heavy (non-hydrogen) atoms. The number of rotatable bonds is 44. The number of nitrogens with one attached hydrogen (secondary N) is 1. The third kappa shape index (κ3) is 32.7. The Labute approximate surface area is 391 Å². The minimum atomic E-state index is -1.62. The molecule has 8 unspecified atom stereocenters. The molecule has 0 aromatic carbocycles. The summed E-state index contributed by atoms with van der Waals surface area (Å²) in [7, 11) is 0. The van der Waals surface area contributed by atoms with Crippen molar-refractivity contribution >= 4 is 5.91 Å². The number of carbonyl (C=O) groups is 1. The van der Waals surface area contributed by atoms with Crippen molar-refractivity contribution in [3.05, 3.63) is 48.6 Å². The van der Waals surface area contributed by atoms with Gasteiger partial charge in [0.05, 0.1) is 25.4 Å². The maximum absolute atomic E-state index is 13.1. The van der Waals surface area contributed by atoms with Gasteiger partial charge in [0.25, 0.3) is 0 Å². The normalized spacial score (nSPS) is 20.9. The molecule has 0 saturated carbocycles. The minimum absolute atomic E-state index is 0.295. The Morgan fingerprint density at radius 3 is 1.36 bits per heavy atom. The molecule has 0 aliphatic carbocycles. The van der Waals surface area contributed by atoms with E-state index in [0.29, 0.717) is 19.3 Å². The predicted molar refractivity (Wildman–Crippen MR) is 264 cm³/mol. The summed E-state index contributed by atoms with van der Waals surface area (Å²) < 4.78 is 11.1. The predicted octanol–water partition coefficient (Wildman–Crippen LogP) is 11.1. The van der Waals surface area contributed by atoms with E-state index in [1.54, 1.807) is 6.08 Å². The van der Waals surface area contributed by atoms with Crippen LogP contribution in [0.1, 0.15) is 226 Å². The number of hydrogen-bond donors (Lipinski definition) is 7. The number of carbonyl (C=O) groups excluding carboxylic acids is 1. The molecular weight excluding hydrogens is 807 g/mol. The quantitative estimate of drug-likeness (QED) is 0.0232. The van der Waals surface area contributed by atoms with Crippen LogP contribution in [0.15, 0.2) is 48.6 Å². The van der Waals surface area contributed by atoms with Crippen LogP contribution in [0.4, 0.5) is 0 Å². The Bertz CT molecular complexity index is 1160. The molecule has 1 fully saturated rings. The Balaban J connectivity index is 2.34. The Kier molecular flexibility index (Phi) is 41.0. The van der Waals surface area contributed by atoms with Gasteiger partial charge < -0.3 is 45.4 Å². The highest BCUT2D eigenvalue weighted by Crippen LogP contribution is 2.23. The second kappa shape index (κ2) is 43.7. The molecule has 0 aromatic rings. The molecule has 1 aliphatic rings. The van der Waals surface area contributed by atoms with Crippen molar-refractivity contribution < 1.29 is 44.9 Å². The van der Waals surface area contributed by atoms with Gasteiger partial charge in [-0.2, -0.15) is 0 Å².